The van der Waals surface area contributed by atoms with E-state index in [1.165, 1.54) is 6.20 Å². The molecule has 1 heterocycles. The van der Waals surface area contributed by atoms with Crippen LogP contribution in [0.2, 0.25) is 0 Å². The fourth-order valence-corrected chi connectivity index (χ4v) is 0.674. The van der Waals surface area contributed by atoms with Crippen LogP contribution in [-0.4, -0.2) is 16.5 Å². The first-order chi connectivity index (χ1) is 4.83. The van der Waals surface area contributed by atoms with Gasteiger partial charge in [0.25, 0.3) is 0 Å². The van der Waals surface area contributed by atoms with Crippen LogP contribution in [0.15, 0.2) is 17.2 Å². The lowest BCUT2D eigenvalue weighted by atomic mass is 10.2. The average molecular weight is 139 g/mol. The topological polar surface area (TPSA) is 71.8 Å². The van der Waals surface area contributed by atoms with Crippen molar-refractivity contribution in [1.82, 2.24) is 9.97 Å². The highest BCUT2D eigenvalue weighted by atomic mass is 16.1. The van der Waals surface area contributed by atoms with Crippen LogP contribution in [0.25, 0.3) is 0 Å². The van der Waals surface area contributed by atoms with Gasteiger partial charge in [-0.2, -0.15) is 0 Å². The smallest absolute Gasteiger partial charge is 0.330 e. The van der Waals surface area contributed by atoms with Gasteiger partial charge in [-0.3, -0.25) is 0 Å². The van der Waals surface area contributed by atoms with E-state index in [2.05, 4.69) is 9.97 Å². The van der Waals surface area contributed by atoms with Gasteiger partial charge in [-0.1, -0.05) is 0 Å². The van der Waals surface area contributed by atoms with Gasteiger partial charge in [-0.25, -0.2) is 9.78 Å². The summed E-state index contributed by atoms with van der Waals surface area (Å²) in [5, 5.41) is 0. The molecule has 0 bridgehead atoms. The summed E-state index contributed by atoms with van der Waals surface area (Å²) in [5.74, 6) is 0. The lowest BCUT2D eigenvalue weighted by Crippen LogP contribution is -2.11. The van der Waals surface area contributed by atoms with Crippen LogP contribution >= 0.6 is 0 Å². The lowest BCUT2D eigenvalue weighted by molar-refractivity contribution is 0.927. The van der Waals surface area contributed by atoms with Crippen LogP contribution < -0.4 is 11.4 Å². The van der Waals surface area contributed by atoms with Crippen molar-refractivity contribution >= 4 is 0 Å². The Bertz CT molecular complexity index is 235. The third kappa shape index (κ3) is 1.66. The Morgan fingerprint density at radius 2 is 2.50 bits per heavy atom. The van der Waals surface area contributed by atoms with Gasteiger partial charge in [-0.05, 0) is 18.5 Å². The molecule has 0 spiro atoms. The highest BCUT2D eigenvalue weighted by Gasteiger charge is 1.89. The second kappa shape index (κ2) is 3.12. The van der Waals surface area contributed by atoms with Crippen molar-refractivity contribution in [1.29, 1.82) is 0 Å². The molecule has 0 aliphatic rings. The summed E-state index contributed by atoms with van der Waals surface area (Å²) in [6.07, 6.45) is 3.91. The van der Waals surface area contributed by atoms with Gasteiger partial charge in [-0.15, -0.1) is 0 Å². The Hall–Kier alpha value is -1.16. The van der Waals surface area contributed by atoms with Crippen LogP contribution in [0, 0.1) is 0 Å². The third-order valence-electron chi connectivity index (χ3n) is 1.16. The summed E-state index contributed by atoms with van der Waals surface area (Å²) >= 11 is 0. The van der Waals surface area contributed by atoms with E-state index in [4.69, 9.17) is 5.73 Å². The molecule has 1 aromatic rings. The maximum absolute atomic E-state index is 10.4. The van der Waals surface area contributed by atoms with Gasteiger partial charge in [0.1, 0.15) is 0 Å². The number of nitrogens with two attached hydrogens (primary N) is 1. The minimum absolute atomic E-state index is 0.319. The number of H-pyrrole nitrogens is 1. The monoisotopic (exact) mass is 139 g/mol. The van der Waals surface area contributed by atoms with Crippen molar-refractivity contribution in [3.05, 3.63) is 28.4 Å². The molecular formula is C6H9N3O. The van der Waals surface area contributed by atoms with E-state index >= 15 is 0 Å². The molecule has 4 nitrogen and oxygen atoms in total. The number of aromatic nitrogens is 2. The van der Waals surface area contributed by atoms with Gasteiger partial charge in [0.2, 0.25) is 0 Å². The molecule has 4 heteroatoms. The number of rotatable bonds is 2. The molecule has 1 rings (SSSR count). The molecule has 0 aromatic carbocycles. The van der Waals surface area contributed by atoms with Crippen LogP contribution in [0.3, 0.4) is 0 Å². The summed E-state index contributed by atoms with van der Waals surface area (Å²) in [7, 11) is 0. The summed E-state index contributed by atoms with van der Waals surface area (Å²) < 4.78 is 0. The predicted octanol–water partition coefficient (Wildman–Crippen LogP) is -0.729. The molecule has 0 unspecified atom stereocenters. The predicted molar refractivity (Wildman–Crippen MR) is 37.6 cm³/mol. The molecule has 0 saturated carbocycles. The molecule has 0 aliphatic heterocycles. The highest BCUT2D eigenvalue weighted by molar-refractivity contribution is 5.02. The second-order valence-corrected chi connectivity index (χ2v) is 1.97. The normalized spacial score (nSPS) is 9.70. The first kappa shape index (κ1) is 6.95. The molecular weight excluding hydrogens is 130 g/mol. The standard InChI is InChI=1S/C6H9N3O/c7-2-1-5-3-8-6(10)9-4-5/h3-4H,1-2,7H2,(H,8,9,10). The van der Waals surface area contributed by atoms with Gasteiger partial charge in [0.15, 0.2) is 0 Å². The number of nitrogens with one attached hydrogen (secondary N) is 1. The van der Waals surface area contributed by atoms with Crippen molar-refractivity contribution in [2.75, 3.05) is 6.54 Å². The Kier molecular flexibility index (Phi) is 2.17. The Labute approximate surface area is 58.1 Å². The van der Waals surface area contributed by atoms with E-state index in [-0.39, 0.29) is 5.69 Å². The average Bonchev–Trinajstić information content (AvgIpc) is 1.95. The minimum Gasteiger partial charge on any atom is -0.330 e. The largest absolute Gasteiger partial charge is 0.344 e. The van der Waals surface area contributed by atoms with Gasteiger partial charge < -0.3 is 10.7 Å². The third-order valence-corrected chi connectivity index (χ3v) is 1.16. The molecule has 0 atom stereocenters. The zero-order valence-electron chi connectivity index (χ0n) is 5.50. The second-order valence-electron chi connectivity index (χ2n) is 1.97. The fraction of sp³-hybridized carbons (Fsp3) is 0.333. The quantitative estimate of drug-likeness (QED) is 0.567. The van der Waals surface area contributed by atoms with E-state index in [9.17, 15) is 4.79 Å². The van der Waals surface area contributed by atoms with Crippen LogP contribution in [0.5, 0.6) is 0 Å². The summed E-state index contributed by atoms with van der Waals surface area (Å²) in [5.41, 5.74) is 5.92. The molecule has 0 radical (unpaired) electrons. The number of hydrogen-bond acceptors (Lipinski definition) is 3. The maximum Gasteiger partial charge on any atom is 0.344 e. The van der Waals surface area contributed by atoms with Crippen LogP contribution in [0.4, 0.5) is 0 Å². The minimum atomic E-state index is -0.319. The van der Waals surface area contributed by atoms with Crippen LogP contribution in [0.1, 0.15) is 5.56 Å². The summed E-state index contributed by atoms with van der Waals surface area (Å²) in [4.78, 5) is 16.4. The zero-order chi connectivity index (χ0) is 7.40. The van der Waals surface area contributed by atoms with Gasteiger partial charge >= 0.3 is 5.69 Å². The molecule has 0 saturated heterocycles. The van der Waals surface area contributed by atoms with Crippen molar-refractivity contribution in [2.24, 2.45) is 5.73 Å². The molecule has 10 heavy (non-hydrogen) atoms. The lowest BCUT2D eigenvalue weighted by Gasteiger charge is -1.93. The molecule has 54 valence electrons. The van der Waals surface area contributed by atoms with Crippen molar-refractivity contribution in [3.63, 3.8) is 0 Å². The SMILES string of the molecule is NCCc1cnc(=O)[nH]c1. The zero-order valence-corrected chi connectivity index (χ0v) is 5.50. The first-order valence-corrected chi connectivity index (χ1v) is 3.06. The Morgan fingerprint density at radius 1 is 1.70 bits per heavy atom. The number of hydrogen-bond donors (Lipinski definition) is 2. The van der Waals surface area contributed by atoms with Crippen molar-refractivity contribution < 1.29 is 0 Å². The maximum atomic E-state index is 10.4. The highest BCUT2D eigenvalue weighted by Crippen LogP contribution is 1.89. The van der Waals surface area contributed by atoms with E-state index in [0.717, 1.165) is 12.0 Å². The van der Waals surface area contributed by atoms with Crippen molar-refractivity contribution in [3.8, 4) is 0 Å². The molecule has 0 fully saturated rings. The summed E-state index contributed by atoms with van der Waals surface area (Å²) in [6.45, 7) is 0.577. The van der Waals surface area contributed by atoms with E-state index in [1.54, 1.807) is 6.20 Å². The van der Waals surface area contributed by atoms with Gasteiger partial charge in [0.05, 0.1) is 0 Å². The fourth-order valence-electron chi connectivity index (χ4n) is 0.674. The van der Waals surface area contributed by atoms with E-state index < -0.39 is 0 Å². The van der Waals surface area contributed by atoms with E-state index in [1.807, 2.05) is 0 Å². The molecule has 0 aliphatic carbocycles. The first-order valence-electron chi connectivity index (χ1n) is 3.06. The molecule has 1 aromatic heterocycles. The number of nitrogens with zero attached hydrogens (tertiary/aromatic N) is 1. The Morgan fingerprint density at radius 3 is 3.00 bits per heavy atom. The number of aromatic amines is 1. The van der Waals surface area contributed by atoms with Crippen LogP contribution in [-0.2, 0) is 6.42 Å². The molecule has 0 amide bonds. The Balaban J connectivity index is 2.79. The summed E-state index contributed by atoms with van der Waals surface area (Å²) in [6, 6.07) is 0. The van der Waals surface area contributed by atoms with E-state index in [0.29, 0.717) is 6.54 Å². The van der Waals surface area contributed by atoms with Gasteiger partial charge in [0, 0.05) is 12.4 Å². The molecule has 3 N–H and O–H groups in total. The van der Waals surface area contributed by atoms with Crippen molar-refractivity contribution in [2.45, 2.75) is 6.42 Å².